The highest BCUT2D eigenvalue weighted by molar-refractivity contribution is 5.71. The minimum atomic E-state index is 0.737. The fourth-order valence-corrected chi connectivity index (χ4v) is 3.19. The largest absolute Gasteiger partial charge is 0.313 e. The summed E-state index contributed by atoms with van der Waals surface area (Å²) in [6.45, 7) is 5.56. The Kier molecular flexibility index (Phi) is 3.51. The van der Waals surface area contributed by atoms with Gasteiger partial charge in [0.2, 0.25) is 0 Å². The molecule has 1 atom stereocenters. The number of aryl methyl sites for hydroxylation is 1. The first kappa shape index (κ1) is 12.6. The van der Waals surface area contributed by atoms with Gasteiger partial charge in [0.25, 0.3) is 0 Å². The molecule has 4 heteroatoms. The summed E-state index contributed by atoms with van der Waals surface area (Å²) in [6, 6.07) is 4.03. The Morgan fingerprint density at radius 1 is 1.42 bits per heavy atom. The molecule has 19 heavy (non-hydrogen) atoms. The van der Waals surface area contributed by atoms with Crippen LogP contribution in [-0.4, -0.2) is 39.6 Å². The van der Waals surface area contributed by atoms with Gasteiger partial charge in [-0.05, 0) is 51.4 Å². The average Bonchev–Trinajstić information content (AvgIpc) is 2.75. The van der Waals surface area contributed by atoms with E-state index in [1.807, 2.05) is 12.3 Å². The molecule has 1 aliphatic heterocycles. The maximum atomic E-state index is 4.78. The highest BCUT2D eigenvalue weighted by atomic mass is 15.1. The minimum absolute atomic E-state index is 0.737. The number of hydrogen-bond acceptors (Lipinski definition) is 3. The Morgan fingerprint density at radius 2 is 2.32 bits per heavy atom. The van der Waals surface area contributed by atoms with Crippen molar-refractivity contribution in [3.63, 3.8) is 0 Å². The second-order valence-electron chi connectivity index (χ2n) is 5.59. The third-order valence-corrected chi connectivity index (χ3v) is 4.09. The van der Waals surface area contributed by atoms with Gasteiger partial charge in [0.15, 0.2) is 5.65 Å². The van der Waals surface area contributed by atoms with E-state index in [0.29, 0.717) is 0 Å². The lowest BCUT2D eigenvalue weighted by Crippen LogP contribution is -2.33. The summed E-state index contributed by atoms with van der Waals surface area (Å²) in [5.41, 5.74) is 2.06. The standard InChI is InChI=1S/C15H22N4/c1-3-19-14(10-12-6-5-9-18(2)11-12)17-13-7-4-8-16-15(13)19/h4,7-8,12H,3,5-6,9-11H2,1-2H3. The van der Waals surface area contributed by atoms with Crippen molar-refractivity contribution in [2.45, 2.75) is 32.7 Å². The zero-order valence-corrected chi connectivity index (χ0v) is 11.8. The summed E-state index contributed by atoms with van der Waals surface area (Å²) in [6.07, 6.45) is 5.57. The van der Waals surface area contributed by atoms with Gasteiger partial charge in [-0.1, -0.05) is 0 Å². The quantitative estimate of drug-likeness (QED) is 0.847. The molecular formula is C15H22N4. The van der Waals surface area contributed by atoms with Crippen LogP contribution in [-0.2, 0) is 13.0 Å². The molecule has 4 nitrogen and oxygen atoms in total. The van der Waals surface area contributed by atoms with Crippen LogP contribution in [0.5, 0.6) is 0 Å². The second kappa shape index (κ2) is 5.29. The summed E-state index contributed by atoms with van der Waals surface area (Å²) in [5.74, 6) is 1.94. The first-order chi connectivity index (χ1) is 9.28. The third-order valence-electron chi connectivity index (χ3n) is 4.09. The number of likely N-dealkylation sites (tertiary alicyclic amines) is 1. The van der Waals surface area contributed by atoms with Crippen LogP contribution in [0.3, 0.4) is 0 Å². The average molecular weight is 258 g/mol. The van der Waals surface area contributed by atoms with Crippen molar-refractivity contribution in [2.75, 3.05) is 20.1 Å². The Bertz CT molecular complexity index is 560. The van der Waals surface area contributed by atoms with Crippen molar-refractivity contribution in [2.24, 2.45) is 5.92 Å². The Balaban J connectivity index is 1.87. The van der Waals surface area contributed by atoms with Crippen LogP contribution in [0.15, 0.2) is 18.3 Å². The van der Waals surface area contributed by atoms with Gasteiger partial charge >= 0.3 is 0 Å². The van der Waals surface area contributed by atoms with Gasteiger partial charge in [-0.15, -0.1) is 0 Å². The van der Waals surface area contributed by atoms with E-state index in [-0.39, 0.29) is 0 Å². The fourth-order valence-electron chi connectivity index (χ4n) is 3.19. The molecule has 1 fully saturated rings. The Labute approximate surface area is 114 Å². The van der Waals surface area contributed by atoms with E-state index in [4.69, 9.17) is 4.98 Å². The van der Waals surface area contributed by atoms with Crippen molar-refractivity contribution in [1.82, 2.24) is 19.4 Å². The van der Waals surface area contributed by atoms with E-state index in [0.717, 1.165) is 30.0 Å². The highest BCUT2D eigenvalue weighted by Crippen LogP contribution is 2.22. The first-order valence-corrected chi connectivity index (χ1v) is 7.26. The van der Waals surface area contributed by atoms with E-state index in [1.54, 1.807) is 0 Å². The summed E-state index contributed by atoms with van der Waals surface area (Å²) in [5, 5.41) is 0. The minimum Gasteiger partial charge on any atom is -0.313 e. The molecule has 0 aromatic carbocycles. The SMILES string of the molecule is CCn1c(CC2CCCN(C)C2)nc2cccnc21. The molecule has 0 radical (unpaired) electrons. The second-order valence-corrected chi connectivity index (χ2v) is 5.59. The molecule has 0 bridgehead atoms. The Morgan fingerprint density at radius 3 is 3.11 bits per heavy atom. The van der Waals surface area contributed by atoms with E-state index in [9.17, 15) is 0 Å². The van der Waals surface area contributed by atoms with E-state index in [1.165, 1.54) is 31.8 Å². The molecule has 0 spiro atoms. The molecule has 3 rings (SSSR count). The molecule has 2 aromatic rings. The molecule has 0 aliphatic carbocycles. The summed E-state index contributed by atoms with van der Waals surface area (Å²) < 4.78 is 2.27. The fraction of sp³-hybridized carbons (Fsp3) is 0.600. The van der Waals surface area contributed by atoms with Crippen molar-refractivity contribution < 1.29 is 0 Å². The van der Waals surface area contributed by atoms with Crippen LogP contribution in [0, 0.1) is 5.92 Å². The monoisotopic (exact) mass is 258 g/mol. The smallest absolute Gasteiger partial charge is 0.159 e. The molecule has 0 amide bonds. The van der Waals surface area contributed by atoms with Gasteiger partial charge in [0.05, 0.1) is 0 Å². The number of fused-ring (bicyclic) bond motifs is 1. The highest BCUT2D eigenvalue weighted by Gasteiger charge is 2.20. The van der Waals surface area contributed by atoms with E-state index < -0.39 is 0 Å². The first-order valence-electron chi connectivity index (χ1n) is 7.26. The van der Waals surface area contributed by atoms with Crippen LogP contribution in [0.4, 0.5) is 0 Å². The topological polar surface area (TPSA) is 34.0 Å². The number of nitrogens with zero attached hydrogens (tertiary/aromatic N) is 4. The lowest BCUT2D eigenvalue weighted by Gasteiger charge is -2.29. The molecule has 0 N–H and O–H groups in total. The van der Waals surface area contributed by atoms with Gasteiger partial charge in [0, 0.05) is 25.7 Å². The summed E-state index contributed by atoms with van der Waals surface area (Å²) in [7, 11) is 2.22. The zero-order chi connectivity index (χ0) is 13.2. The molecule has 0 saturated carbocycles. The van der Waals surface area contributed by atoms with Crippen LogP contribution < -0.4 is 0 Å². The van der Waals surface area contributed by atoms with Crippen LogP contribution in [0.1, 0.15) is 25.6 Å². The number of hydrogen-bond donors (Lipinski definition) is 0. The molecule has 102 valence electrons. The zero-order valence-electron chi connectivity index (χ0n) is 11.8. The molecule has 1 saturated heterocycles. The molecule has 1 unspecified atom stereocenters. The van der Waals surface area contributed by atoms with Crippen molar-refractivity contribution in [3.05, 3.63) is 24.2 Å². The van der Waals surface area contributed by atoms with Crippen LogP contribution in [0.2, 0.25) is 0 Å². The Hall–Kier alpha value is -1.42. The molecule has 3 heterocycles. The van der Waals surface area contributed by atoms with E-state index >= 15 is 0 Å². The lowest BCUT2D eigenvalue weighted by atomic mass is 9.95. The number of pyridine rings is 1. The van der Waals surface area contributed by atoms with Gasteiger partial charge in [-0.25, -0.2) is 9.97 Å². The van der Waals surface area contributed by atoms with Crippen molar-refractivity contribution >= 4 is 11.2 Å². The summed E-state index contributed by atoms with van der Waals surface area (Å²) in [4.78, 5) is 11.7. The molecule has 2 aromatic heterocycles. The summed E-state index contributed by atoms with van der Waals surface area (Å²) >= 11 is 0. The van der Waals surface area contributed by atoms with Gasteiger partial charge in [0.1, 0.15) is 11.3 Å². The third kappa shape index (κ3) is 2.50. The van der Waals surface area contributed by atoms with Gasteiger partial charge in [-0.2, -0.15) is 0 Å². The maximum Gasteiger partial charge on any atom is 0.159 e. The van der Waals surface area contributed by atoms with Crippen LogP contribution >= 0.6 is 0 Å². The van der Waals surface area contributed by atoms with Gasteiger partial charge < -0.3 is 9.47 Å². The predicted octanol–water partition coefficient (Wildman–Crippen LogP) is 2.34. The lowest BCUT2D eigenvalue weighted by molar-refractivity contribution is 0.207. The number of imidazole rings is 1. The van der Waals surface area contributed by atoms with E-state index in [2.05, 4.69) is 34.5 Å². The van der Waals surface area contributed by atoms with Crippen molar-refractivity contribution in [1.29, 1.82) is 0 Å². The number of aromatic nitrogens is 3. The van der Waals surface area contributed by atoms with Gasteiger partial charge in [-0.3, -0.25) is 0 Å². The number of rotatable bonds is 3. The van der Waals surface area contributed by atoms with Crippen molar-refractivity contribution in [3.8, 4) is 0 Å². The number of piperidine rings is 1. The predicted molar refractivity (Wildman–Crippen MR) is 77.1 cm³/mol. The molecular weight excluding hydrogens is 236 g/mol. The van der Waals surface area contributed by atoms with Crippen LogP contribution in [0.25, 0.3) is 11.2 Å². The maximum absolute atomic E-state index is 4.78. The normalized spacial score (nSPS) is 21.1. The molecule has 1 aliphatic rings.